The van der Waals surface area contributed by atoms with Crippen LogP contribution in [0.15, 0.2) is 0 Å². The Bertz CT molecular complexity index is 234. The Balaban J connectivity index is 2.04. The second kappa shape index (κ2) is 8.90. The summed E-state index contributed by atoms with van der Waals surface area (Å²) < 4.78 is 5.35. The number of hydrogen-bond donors (Lipinski definition) is 2. The minimum Gasteiger partial charge on any atom is -0.394 e. The highest BCUT2D eigenvalue weighted by Gasteiger charge is 2.31. The summed E-state index contributed by atoms with van der Waals surface area (Å²) in [7, 11) is 2.15. The lowest BCUT2D eigenvalue weighted by Crippen LogP contribution is -2.47. The molecule has 0 aliphatic heterocycles. The first-order chi connectivity index (χ1) is 9.09. The highest BCUT2D eigenvalue weighted by Crippen LogP contribution is 2.24. The lowest BCUT2D eigenvalue weighted by molar-refractivity contribution is 0.120. The molecule has 0 aromatic rings. The molecular formula is C15H32N2O2. The Morgan fingerprint density at radius 3 is 2.63 bits per heavy atom. The van der Waals surface area contributed by atoms with Crippen molar-refractivity contribution in [3.8, 4) is 0 Å². The normalized spacial score (nSPS) is 18.8. The molecule has 0 spiro atoms. The maximum absolute atomic E-state index is 9.52. The molecule has 0 saturated heterocycles. The number of rotatable bonds is 12. The van der Waals surface area contributed by atoms with E-state index >= 15 is 0 Å². The number of nitrogens with one attached hydrogen (secondary N) is 1. The van der Waals surface area contributed by atoms with Crippen LogP contribution in [0.5, 0.6) is 0 Å². The van der Waals surface area contributed by atoms with Gasteiger partial charge in [0, 0.05) is 24.7 Å². The van der Waals surface area contributed by atoms with Crippen LogP contribution in [0, 0.1) is 0 Å². The fourth-order valence-electron chi connectivity index (χ4n) is 2.29. The molecule has 1 unspecified atom stereocenters. The summed E-state index contributed by atoms with van der Waals surface area (Å²) in [6.45, 7) is 8.15. The van der Waals surface area contributed by atoms with Gasteiger partial charge < -0.3 is 20.1 Å². The van der Waals surface area contributed by atoms with Gasteiger partial charge in [0.1, 0.15) is 0 Å². The van der Waals surface area contributed by atoms with E-state index in [4.69, 9.17) is 4.74 Å². The third kappa shape index (κ3) is 7.88. The molecule has 0 radical (unpaired) electrons. The Labute approximate surface area is 118 Å². The van der Waals surface area contributed by atoms with Crippen LogP contribution in [0.4, 0.5) is 0 Å². The Hall–Kier alpha value is -0.160. The summed E-state index contributed by atoms with van der Waals surface area (Å²) in [5, 5.41) is 13.1. The molecule has 0 heterocycles. The molecule has 0 amide bonds. The molecule has 4 heteroatoms. The van der Waals surface area contributed by atoms with Crippen LogP contribution in [0.3, 0.4) is 0 Å². The molecular weight excluding hydrogens is 240 g/mol. The van der Waals surface area contributed by atoms with Gasteiger partial charge in [0.05, 0.1) is 13.2 Å². The average Bonchev–Trinajstić information content (AvgIpc) is 3.19. The Kier molecular flexibility index (Phi) is 7.91. The maximum Gasteiger partial charge on any atom is 0.0610 e. The molecule has 1 rings (SSSR count). The van der Waals surface area contributed by atoms with Crippen molar-refractivity contribution in [3.05, 3.63) is 0 Å². The fraction of sp³-hybridized carbons (Fsp3) is 1.00. The standard InChI is InChI=1S/C15H32N2O2/c1-4-19-12-11-17(3)10-6-5-9-15(2,13-18)16-14-7-8-14/h14,16,18H,4-13H2,1-3H3. The molecule has 0 bridgehead atoms. The van der Waals surface area contributed by atoms with Gasteiger partial charge >= 0.3 is 0 Å². The summed E-state index contributed by atoms with van der Waals surface area (Å²) in [5.41, 5.74) is -0.0783. The van der Waals surface area contributed by atoms with Gasteiger partial charge in [-0.3, -0.25) is 0 Å². The van der Waals surface area contributed by atoms with E-state index in [0.717, 1.165) is 39.1 Å². The maximum atomic E-state index is 9.52. The lowest BCUT2D eigenvalue weighted by Gasteiger charge is -2.29. The first kappa shape index (κ1) is 16.9. The number of aliphatic hydroxyl groups is 1. The van der Waals surface area contributed by atoms with E-state index in [-0.39, 0.29) is 12.1 Å². The zero-order valence-electron chi connectivity index (χ0n) is 13.0. The lowest BCUT2D eigenvalue weighted by atomic mass is 9.95. The van der Waals surface area contributed by atoms with Gasteiger partial charge in [-0.2, -0.15) is 0 Å². The smallest absolute Gasteiger partial charge is 0.0610 e. The van der Waals surface area contributed by atoms with Gasteiger partial charge in [-0.25, -0.2) is 0 Å². The van der Waals surface area contributed by atoms with Crippen LogP contribution in [0.2, 0.25) is 0 Å². The predicted molar refractivity (Wildman–Crippen MR) is 79.5 cm³/mol. The molecule has 0 aromatic heterocycles. The zero-order valence-corrected chi connectivity index (χ0v) is 13.0. The number of unbranched alkanes of at least 4 members (excludes halogenated alkanes) is 1. The summed E-state index contributed by atoms with van der Waals surface area (Å²) in [6.07, 6.45) is 5.95. The van der Waals surface area contributed by atoms with Crippen molar-refractivity contribution in [3.63, 3.8) is 0 Å². The van der Waals surface area contributed by atoms with Crippen LogP contribution in [-0.2, 0) is 4.74 Å². The SMILES string of the molecule is CCOCCN(C)CCCCC(C)(CO)NC1CC1. The molecule has 4 nitrogen and oxygen atoms in total. The van der Waals surface area contributed by atoms with Crippen LogP contribution < -0.4 is 5.32 Å². The third-order valence-corrected chi connectivity index (χ3v) is 3.82. The van der Waals surface area contributed by atoms with Crippen LogP contribution >= 0.6 is 0 Å². The van der Waals surface area contributed by atoms with E-state index in [2.05, 4.69) is 24.2 Å². The minimum absolute atomic E-state index is 0.0783. The second-order valence-electron chi connectivity index (χ2n) is 6.09. The van der Waals surface area contributed by atoms with Gasteiger partial charge in [0.25, 0.3) is 0 Å². The van der Waals surface area contributed by atoms with E-state index in [0.29, 0.717) is 6.04 Å². The number of ether oxygens (including phenoxy) is 1. The predicted octanol–water partition coefficient (Wildman–Crippen LogP) is 1.63. The molecule has 1 aliphatic carbocycles. The van der Waals surface area contributed by atoms with Crippen molar-refractivity contribution in [2.45, 2.75) is 57.5 Å². The van der Waals surface area contributed by atoms with E-state index in [9.17, 15) is 5.11 Å². The molecule has 114 valence electrons. The molecule has 2 N–H and O–H groups in total. The van der Waals surface area contributed by atoms with Gasteiger partial charge in [-0.05, 0) is 53.1 Å². The molecule has 19 heavy (non-hydrogen) atoms. The zero-order chi connectivity index (χ0) is 14.1. The summed E-state index contributed by atoms with van der Waals surface area (Å²) in [5.74, 6) is 0. The first-order valence-electron chi connectivity index (χ1n) is 7.74. The van der Waals surface area contributed by atoms with E-state index in [1.807, 2.05) is 6.92 Å². The van der Waals surface area contributed by atoms with E-state index < -0.39 is 0 Å². The Morgan fingerprint density at radius 1 is 1.32 bits per heavy atom. The number of hydrogen-bond acceptors (Lipinski definition) is 4. The van der Waals surface area contributed by atoms with Gasteiger partial charge in [-0.15, -0.1) is 0 Å². The summed E-state index contributed by atoms with van der Waals surface area (Å²) in [6, 6.07) is 0.658. The Morgan fingerprint density at radius 2 is 2.05 bits per heavy atom. The first-order valence-corrected chi connectivity index (χ1v) is 7.74. The minimum atomic E-state index is -0.0783. The summed E-state index contributed by atoms with van der Waals surface area (Å²) in [4.78, 5) is 2.32. The highest BCUT2D eigenvalue weighted by atomic mass is 16.5. The van der Waals surface area contributed by atoms with Gasteiger partial charge in [-0.1, -0.05) is 6.42 Å². The average molecular weight is 272 g/mol. The third-order valence-electron chi connectivity index (χ3n) is 3.82. The van der Waals surface area contributed by atoms with Crippen LogP contribution in [-0.4, -0.2) is 61.5 Å². The summed E-state index contributed by atoms with van der Waals surface area (Å²) >= 11 is 0. The second-order valence-corrected chi connectivity index (χ2v) is 6.09. The fourth-order valence-corrected chi connectivity index (χ4v) is 2.29. The van der Waals surface area contributed by atoms with Crippen molar-refractivity contribution in [2.24, 2.45) is 0 Å². The molecule has 1 atom stereocenters. The van der Waals surface area contributed by atoms with Crippen molar-refractivity contribution in [1.82, 2.24) is 10.2 Å². The van der Waals surface area contributed by atoms with Crippen LogP contribution in [0.25, 0.3) is 0 Å². The van der Waals surface area contributed by atoms with Crippen molar-refractivity contribution in [1.29, 1.82) is 0 Å². The molecule has 1 aliphatic rings. The topological polar surface area (TPSA) is 44.7 Å². The largest absolute Gasteiger partial charge is 0.394 e. The monoisotopic (exact) mass is 272 g/mol. The molecule has 1 saturated carbocycles. The molecule has 0 aromatic carbocycles. The van der Waals surface area contributed by atoms with Gasteiger partial charge in [0.15, 0.2) is 0 Å². The quantitative estimate of drug-likeness (QED) is 0.530. The number of aliphatic hydroxyl groups excluding tert-OH is 1. The van der Waals surface area contributed by atoms with E-state index in [1.54, 1.807) is 0 Å². The number of likely N-dealkylation sites (N-methyl/N-ethyl adjacent to an activating group) is 1. The van der Waals surface area contributed by atoms with Crippen molar-refractivity contribution < 1.29 is 9.84 Å². The number of nitrogens with zero attached hydrogens (tertiary/aromatic N) is 1. The highest BCUT2D eigenvalue weighted by molar-refractivity contribution is 4.92. The van der Waals surface area contributed by atoms with Crippen LogP contribution in [0.1, 0.15) is 46.0 Å². The van der Waals surface area contributed by atoms with Crippen molar-refractivity contribution >= 4 is 0 Å². The molecule has 1 fully saturated rings. The van der Waals surface area contributed by atoms with Crippen molar-refractivity contribution in [2.75, 3.05) is 40.0 Å². The van der Waals surface area contributed by atoms with Gasteiger partial charge in [0.2, 0.25) is 0 Å². The van der Waals surface area contributed by atoms with E-state index in [1.165, 1.54) is 19.3 Å².